The van der Waals surface area contributed by atoms with Crippen molar-refractivity contribution in [3.63, 3.8) is 0 Å². The molecule has 0 amide bonds. The molecule has 0 radical (unpaired) electrons. The number of rotatable bonds is 3. The monoisotopic (exact) mass is 227 g/mol. The molecule has 1 aromatic carbocycles. The van der Waals surface area contributed by atoms with E-state index < -0.39 is 22.4 Å². The van der Waals surface area contributed by atoms with E-state index >= 15 is 0 Å². The molecule has 0 N–H and O–H groups in total. The molecule has 0 heterocycles. The number of nitro groups is 1. The third-order valence-electron chi connectivity index (χ3n) is 2.24. The largest absolute Gasteiger partial charge is 0.469 e. The minimum atomic E-state index is -0.911. The molecule has 0 atom stereocenters. The molecule has 0 aliphatic heterocycles. The fourth-order valence-electron chi connectivity index (χ4n) is 1.27. The number of nitrogens with zero attached hydrogens (tertiary/aromatic N) is 1. The van der Waals surface area contributed by atoms with E-state index in [0.29, 0.717) is 5.56 Å². The van der Waals surface area contributed by atoms with Crippen LogP contribution in [0.15, 0.2) is 12.1 Å². The fourth-order valence-corrected chi connectivity index (χ4v) is 1.27. The molecule has 0 spiro atoms. The van der Waals surface area contributed by atoms with Crippen molar-refractivity contribution >= 4 is 11.7 Å². The molecule has 1 rings (SSSR count). The number of nitro benzene ring substituents is 1. The first-order valence-corrected chi connectivity index (χ1v) is 4.46. The van der Waals surface area contributed by atoms with Crippen LogP contribution in [-0.2, 0) is 16.0 Å². The molecule has 0 aliphatic carbocycles. The Labute approximate surface area is 91.0 Å². The maximum absolute atomic E-state index is 13.5. The molecule has 0 unspecified atom stereocenters. The fraction of sp³-hybridized carbons (Fsp3) is 0.300. The second-order valence-corrected chi connectivity index (χ2v) is 3.19. The summed E-state index contributed by atoms with van der Waals surface area (Å²) < 4.78 is 17.9. The molecule has 86 valence electrons. The maximum Gasteiger partial charge on any atom is 0.309 e. The molecule has 1 aromatic rings. The van der Waals surface area contributed by atoms with Crippen molar-refractivity contribution < 1.29 is 18.8 Å². The molecule has 5 nitrogen and oxygen atoms in total. The van der Waals surface area contributed by atoms with E-state index in [-0.39, 0.29) is 12.0 Å². The number of benzene rings is 1. The molecule has 16 heavy (non-hydrogen) atoms. The first kappa shape index (κ1) is 12.1. The van der Waals surface area contributed by atoms with E-state index in [2.05, 4.69) is 4.74 Å². The number of hydrogen-bond acceptors (Lipinski definition) is 4. The zero-order chi connectivity index (χ0) is 12.3. The van der Waals surface area contributed by atoms with Crippen LogP contribution < -0.4 is 0 Å². The van der Waals surface area contributed by atoms with E-state index in [1.165, 1.54) is 20.1 Å². The molecule has 6 heteroatoms. The van der Waals surface area contributed by atoms with Crippen LogP contribution >= 0.6 is 0 Å². The Morgan fingerprint density at radius 1 is 1.56 bits per heavy atom. The van der Waals surface area contributed by atoms with Gasteiger partial charge in [0.15, 0.2) is 0 Å². The number of hydrogen-bond donors (Lipinski definition) is 0. The summed E-state index contributed by atoms with van der Waals surface area (Å²) in [6, 6.07) is 2.40. The normalized spacial score (nSPS) is 9.94. The smallest absolute Gasteiger partial charge is 0.309 e. The van der Waals surface area contributed by atoms with E-state index in [4.69, 9.17) is 0 Å². The second kappa shape index (κ2) is 4.69. The highest BCUT2D eigenvalue weighted by Gasteiger charge is 2.19. The predicted molar refractivity (Wildman–Crippen MR) is 53.5 cm³/mol. The van der Waals surface area contributed by atoms with Crippen LogP contribution in [0, 0.1) is 22.9 Å². The SMILES string of the molecule is COC(=O)Cc1ccc([N+](=O)[O-])c(F)c1C. The lowest BCUT2D eigenvalue weighted by atomic mass is 10.0. The van der Waals surface area contributed by atoms with Crippen LogP contribution in [0.3, 0.4) is 0 Å². The van der Waals surface area contributed by atoms with Crippen LogP contribution in [0.25, 0.3) is 0 Å². The van der Waals surface area contributed by atoms with E-state index in [1.807, 2.05) is 0 Å². The minimum Gasteiger partial charge on any atom is -0.469 e. The van der Waals surface area contributed by atoms with Crippen LogP contribution in [0.4, 0.5) is 10.1 Å². The van der Waals surface area contributed by atoms with Gasteiger partial charge in [-0.25, -0.2) is 0 Å². The maximum atomic E-state index is 13.5. The van der Waals surface area contributed by atoms with E-state index in [9.17, 15) is 19.3 Å². The first-order valence-electron chi connectivity index (χ1n) is 4.46. The van der Waals surface area contributed by atoms with Gasteiger partial charge < -0.3 is 4.74 Å². The Morgan fingerprint density at radius 3 is 2.69 bits per heavy atom. The summed E-state index contributed by atoms with van der Waals surface area (Å²) in [7, 11) is 1.22. The van der Waals surface area contributed by atoms with Gasteiger partial charge >= 0.3 is 11.7 Å². The standard InChI is InChI=1S/C10H10FNO4/c1-6-7(5-9(13)16-2)3-4-8(10(6)11)12(14)15/h3-4H,5H2,1-2H3. The lowest BCUT2D eigenvalue weighted by Crippen LogP contribution is -2.07. The van der Waals surface area contributed by atoms with Crippen molar-refractivity contribution in [2.24, 2.45) is 0 Å². The van der Waals surface area contributed by atoms with E-state index in [1.54, 1.807) is 0 Å². The average molecular weight is 227 g/mol. The van der Waals surface area contributed by atoms with Gasteiger partial charge in [-0.15, -0.1) is 0 Å². The number of esters is 1. The quantitative estimate of drug-likeness (QED) is 0.448. The molecule has 0 saturated carbocycles. The number of carbonyl (C=O) groups excluding carboxylic acids is 1. The van der Waals surface area contributed by atoms with Gasteiger partial charge in [-0.2, -0.15) is 4.39 Å². The summed E-state index contributed by atoms with van der Waals surface area (Å²) in [4.78, 5) is 20.6. The third kappa shape index (κ3) is 2.33. The first-order chi connectivity index (χ1) is 7.47. The van der Waals surface area contributed by atoms with Crippen molar-refractivity contribution in [2.45, 2.75) is 13.3 Å². The van der Waals surface area contributed by atoms with Crippen molar-refractivity contribution in [3.8, 4) is 0 Å². The Kier molecular flexibility index (Phi) is 3.55. The molecule has 0 bridgehead atoms. The van der Waals surface area contributed by atoms with Crippen LogP contribution in [0.2, 0.25) is 0 Å². The van der Waals surface area contributed by atoms with Gasteiger partial charge in [-0.1, -0.05) is 6.07 Å². The topological polar surface area (TPSA) is 69.4 Å². The van der Waals surface area contributed by atoms with Crippen molar-refractivity contribution in [1.82, 2.24) is 0 Å². The number of methoxy groups -OCH3 is 1. The third-order valence-corrected chi connectivity index (χ3v) is 2.24. The summed E-state index contributed by atoms with van der Waals surface area (Å²) in [5.41, 5.74) is -0.110. The van der Waals surface area contributed by atoms with Gasteiger partial charge in [-0.3, -0.25) is 14.9 Å². The average Bonchev–Trinajstić information content (AvgIpc) is 2.24. The molecular formula is C10H10FNO4. The van der Waals surface area contributed by atoms with Crippen molar-refractivity contribution in [2.75, 3.05) is 7.11 Å². The molecule has 0 aromatic heterocycles. The summed E-state index contributed by atoms with van der Waals surface area (Å²) in [6.45, 7) is 1.39. The molecule has 0 aliphatic rings. The summed E-state index contributed by atoms with van der Waals surface area (Å²) >= 11 is 0. The lowest BCUT2D eigenvalue weighted by Gasteiger charge is -2.05. The number of ether oxygens (including phenoxy) is 1. The molecular weight excluding hydrogens is 217 g/mol. The summed E-state index contributed by atoms with van der Waals surface area (Å²) in [5, 5.41) is 10.4. The Bertz CT molecular complexity index is 445. The number of halogens is 1. The van der Waals surface area contributed by atoms with Gasteiger partial charge in [0.2, 0.25) is 5.82 Å². The van der Waals surface area contributed by atoms with Crippen molar-refractivity contribution in [3.05, 3.63) is 39.2 Å². The Hall–Kier alpha value is -1.98. The van der Waals surface area contributed by atoms with Gasteiger partial charge in [0, 0.05) is 6.07 Å². The molecule has 0 saturated heterocycles. The van der Waals surface area contributed by atoms with Gasteiger partial charge in [-0.05, 0) is 18.1 Å². The van der Waals surface area contributed by atoms with Gasteiger partial charge in [0.05, 0.1) is 18.5 Å². The van der Waals surface area contributed by atoms with Crippen LogP contribution in [0.5, 0.6) is 0 Å². The van der Waals surface area contributed by atoms with Crippen LogP contribution in [-0.4, -0.2) is 18.0 Å². The summed E-state index contributed by atoms with van der Waals surface area (Å²) in [5.74, 6) is -1.43. The number of carbonyl (C=O) groups is 1. The van der Waals surface area contributed by atoms with Gasteiger partial charge in [0.1, 0.15) is 0 Å². The highest BCUT2D eigenvalue weighted by molar-refractivity contribution is 5.73. The van der Waals surface area contributed by atoms with Gasteiger partial charge in [0.25, 0.3) is 0 Å². The summed E-state index contributed by atoms with van der Waals surface area (Å²) in [6.07, 6.45) is -0.1000. The zero-order valence-electron chi connectivity index (χ0n) is 8.82. The second-order valence-electron chi connectivity index (χ2n) is 3.19. The van der Waals surface area contributed by atoms with E-state index in [0.717, 1.165) is 6.07 Å². The Balaban J connectivity index is 3.12. The molecule has 0 fully saturated rings. The minimum absolute atomic E-state index is 0.0969. The highest BCUT2D eigenvalue weighted by Crippen LogP contribution is 2.23. The Morgan fingerprint density at radius 2 is 2.19 bits per heavy atom. The zero-order valence-corrected chi connectivity index (χ0v) is 8.82. The predicted octanol–water partition coefficient (Wildman–Crippen LogP) is 1.76. The highest BCUT2D eigenvalue weighted by atomic mass is 19.1. The van der Waals surface area contributed by atoms with Crippen molar-refractivity contribution in [1.29, 1.82) is 0 Å². The van der Waals surface area contributed by atoms with Crippen LogP contribution in [0.1, 0.15) is 11.1 Å². The lowest BCUT2D eigenvalue weighted by molar-refractivity contribution is -0.387.